The highest BCUT2D eigenvalue weighted by atomic mass is 35.5. The Balaban J connectivity index is 2.66. The maximum Gasteiger partial charge on any atom is 0.179 e. The summed E-state index contributed by atoms with van der Waals surface area (Å²) >= 11 is 14.9. The number of Topliss-reactive ketones (excluding diaryl/α,β-unsaturated/α-hetero) is 1. The van der Waals surface area contributed by atoms with Crippen LogP contribution in [0.1, 0.15) is 23.7 Å². The Morgan fingerprint density at radius 3 is 2.67 bits per heavy atom. The lowest BCUT2D eigenvalue weighted by molar-refractivity contribution is 0.0925. The first-order valence-corrected chi connectivity index (χ1v) is 8.63. The second-order valence-electron chi connectivity index (χ2n) is 4.09. The summed E-state index contributed by atoms with van der Waals surface area (Å²) in [6, 6.07) is 2.07. The molecule has 1 rings (SSSR count). The van der Waals surface area contributed by atoms with E-state index in [0.717, 1.165) is 12.2 Å². The number of nitrogens with zero attached hydrogens (tertiary/aromatic N) is 1. The van der Waals surface area contributed by atoms with Gasteiger partial charge < -0.3 is 0 Å². The number of rotatable bonds is 7. The summed E-state index contributed by atoms with van der Waals surface area (Å²) in [5.74, 6) is 1.06. The minimum atomic E-state index is 0.0326. The monoisotopic (exact) mass is 325 g/mol. The Morgan fingerprint density at radius 2 is 2.22 bits per heavy atom. The fraction of sp³-hybridized carbons (Fsp3) is 0.583. The van der Waals surface area contributed by atoms with Gasteiger partial charge in [-0.3, -0.25) is 9.69 Å². The van der Waals surface area contributed by atoms with E-state index in [-0.39, 0.29) is 5.78 Å². The molecule has 0 radical (unpaired) electrons. The van der Waals surface area contributed by atoms with Crippen LogP contribution in [0.4, 0.5) is 0 Å². The number of hydrogen-bond donors (Lipinski definition) is 0. The zero-order chi connectivity index (χ0) is 13.7. The highest BCUT2D eigenvalue weighted by Crippen LogP contribution is 2.31. The maximum absolute atomic E-state index is 12.1. The topological polar surface area (TPSA) is 20.3 Å². The Bertz CT molecular complexity index is 409. The molecule has 0 saturated heterocycles. The average Bonchev–Trinajstić information content (AvgIpc) is 2.65. The number of carbonyl (C=O) groups excluding carboxylic acids is 1. The van der Waals surface area contributed by atoms with E-state index in [9.17, 15) is 4.79 Å². The van der Waals surface area contributed by atoms with Crippen LogP contribution in [0.25, 0.3) is 0 Å². The normalized spacial score (nSPS) is 13.0. The molecule has 0 amide bonds. The van der Waals surface area contributed by atoms with Gasteiger partial charge in [-0.25, -0.2) is 0 Å². The first kappa shape index (κ1) is 16.3. The Kier molecular flexibility index (Phi) is 7.03. The fourth-order valence-electron chi connectivity index (χ4n) is 1.72. The zero-order valence-corrected chi connectivity index (χ0v) is 13.8. The number of carbonyl (C=O) groups is 1. The van der Waals surface area contributed by atoms with Crippen LogP contribution in [0, 0.1) is 0 Å². The number of likely N-dealkylation sites (N-methyl/N-ethyl adjacent to an activating group) is 1. The van der Waals surface area contributed by atoms with Crippen molar-refractivity contribution in [1.29, 1.82) is 0 Å². The molecule has 102 valence electrons. The summed E-state index contributed by atoms with van der Waals surface area (Å²) in [6.07, 6.45) is 3.11. The Hall–Kier alpha value is 0.260. The van der Waals surface area contributed by atoms with Gasteiger partial charge in [0.25, 0.3) is 0 Å². The van der Waals surface area contributed by atoms with Crippen molar-refractivity contribution in [1.82, 2.24) is 4.90 Å². The van der Waals surface area contributed by atoms with Crippen LogP contribution in [0.5, 0.6) is 0 Å². The maximum atomic E-state index is 12.1. The molecule has 1 atom stereocenters. The van der Waals surface area contributed by atoms with Crippen molar-refractivity contribution in [2.24, 2.45) is 0 Å². The molecule has 2 nitrogen and oxygen atoms in total. The van der Waals surface area contributed by atoms with Crippen molar-refractivity contribution in [3.05, 3.63) is 20.3 Å². The number of halogens is 2. The van der Waals surface area contributed by atoms with E-state index in [1.54, 1.807) is 17.8 Å². The molecule has 0 fully saturated rings. The van der Waals surface area contributed by atoms with Crippen molar-refractivity contribution < 1.29 is 4.79 Å². The second kappa shape index (κ2) is 7.75. The summed E-state index contributed by atoms with van der Waals surface area (Å²) in [4.78, 5) is 14.2. The van der Waals surface area contributed by atoms with E-state index in [1.165, 1.54) is 11.3 Å². The molecule has 1 aromatic heterocycles. The number of thioether (sulfide) groups is 1. The van der Waals surface area contributed by atoms with Crippen LogP contribution in [0.3, 0.4) is 0 Å². The molecule has 0 aliphatic carbocycles. The van der Waals surface area contributed by atoms with E-state index in [2.05, 4.69) is 18.1 Å². The van der Waals surface area contributed by atoms with Gasteiger partial charge in [0.15, 0.2) is 5.78 Å². The van der Waals surface area contributed by atoms with E-state index < -0.39 is 0 Å². The number of hydrogen-bond acceptors (Lipinski definition) is 4. The van der Waals surface area contributed by atoms with E-state index in [1.807, 2.05) is 7.05 Å². The lowest BCUT2D eigenvalue weighted by Gasteiger charge is -2.25. The summed E-state index contributed by atoms with van der Waals surface area (Å²) < 4.78 is 1.04. The summed E-state index contributed by atoms with van der Waals surface area (Å²) in [5, 5.41) is 0. The van der Waals surface area contributed by atoms with Crippen LogP contribution in [0.15, 0.2) is 6.07 Å². The first-order valence-electron chi connectivity index (χ1n) is 5.66. The van der Waals surface area contributed by atoms with Crippen LogP contribution in [-0.2, 0) is 0 Å². The third kappa shape index (κ3) is 4.42. The molecule has 6 heteroatoms. The number of thiophene rings is 1. The third-order valence-corrected chi connectivity index (χ3v) is 5.01. The van der Waals surface area contributed by atoms with Gasteiger partial charge in [0, 0.05) is 11.8 Å². The Labute approximate surface area is 127 Å². The number of ketones is 1. The molecule has 1 unspecified atom stereocenters. The molecule has 0 aliphatic rings. The molecule has 0 N–H and O–H groups in total. The quantitative estimate of drug-likeness (QED) is 0.696. The standard InChI is InChI=1S/C12H17Cl2NOS2/c1-4-8(7-17-3)15(2)6-10(16)9-5-11(13)18-12(9)14/h5,8H,4,6-7H2,1-3H3. The van der Waals surface area contributed by atoms with Crippen LogP contribution in [-0.4, -0.2) is 42.3 Å². The van der Waals surface area contributed by atoms with Gasteiger partial charge in [0.1, 0.15) is 4.34 Å². The highest BCUT2D eigenvalue weighted by molar-refractivity contribution is 7.98. The Morgan fingerprint density at radius 1 is 1.56 bits per heavy atom. The van der Waals surface area contributed by atoms with Gasteiger partial charge in [-0.1, -0.05) is 30.1 Å². The third-order valence-electron chi connectivity index (χ3n) is 2.80. The van der Waals surface area contributed by atoms with E-state index >= 15 is 0 Å². The van der Waals surface area contributed by atoms with Crippen molar-refractivity contribution >= 4 is 52.1 Å². The average molecular weight is 326 g/mol. The van der Waals surface area contributed by atoms with Gasteiger partial charge in [-0.05, 0) is 25.8 Å². The SMILES string of the molecule is CCC(CSC)N(C)CC(=O)c1cc(Cl)sc1Cl. The van der Waals surface area contributed by atoms with Gasteiger partial charge in [0.2, 0.25) is 0 Å². The fourth-order valence-corrected chi connectivity index (χ4v) is 4.09. The van der Waals surface area contributed by atoms with Crippen molar-refractivity contribution in [2.75, 3.05) is 25.6 Å². The van der Waals surface area contributed by atoms with Gasteiger partial charge in [-0.15, -0.1) is 11.3 Å². The molecule has 0 saturated carbocycles. The lowest BCUT2D eigenvalue weighted by Crippen LogP contribution is -2.37. The molecule has 0 aliphatic heterocycles. The van der Waals surface area contributed by atoms with Crippen LogP contribution in [0.2, 0.25) is 8.67 Å². The van der Waals surface area contributed by atoms with Crippen molar-refractivity contribution in [3.63, 3.8) is 0 Å². The van der Waals surface area contributed by atoms with Crippen molar-refractivity contribution in [2.45, 2.75) is 19.4 Å². The molecule has 1 aromatic rings. The largest absolute Gasteiger partial charge is 0.295 e. The molecular weight excluding hydrogens is 309 g/mol. The molecule has 0 bridgehead atoms. The minimum absolute atomic E-state index is 0.0326. The smallest absolute Gasteiger partial charge is 0.179 e. The summed E-state index contributed by atoms with van der Waals surface area (Å²) in [7, 11) is 1.98. The van der Waals surface area contributed by atoms with Crippen LogP contribution < -0.4 is 0 Å². The second-order valence-corrected chi connectivity index (χ2v) is 7.29. The van der Waals surface area contributed by atoms with E-state index in [0.29, 0.717) is 26.8 Å². The van der Waals surface area contributed by atoms with Crippen molar-refractivity contribution in [3.8, 4) is 0 Å². The minimum Gasteiger partial charge on any atom is -0.295 e. The predicted octanol–water partition coefficient (Wildman–Crippen LogP) is 4.31. The van der Waals surface area contributed by atoms with Gasteiger partial charge >= 0.3 is 0 Å². The molecule has 0 spiro atoms. The van der Waals surface area contributed by atoms with Gasteiger partial charge in [0.05, 0.1) is 16.4 Å². The summed E-state index contributed by atoms with van der Waals surface area (Å²) in [6.45, 7) is 2.52. The summed E-state index contributed by atoms with van der Waals surface area (Å²) in [5.41, 5.74) is 0.539. The highest BCUT2D eigenvalue weighted by Gasteiger charge is 2.19. The lowest BCUT2D eigenvalue weighted by atomic mass is 10.1. The first-order chi connectivity index (χ1) is 8.49. The van der Waals surface area contributed by atoms with Crippen LogP contribution >= 0.6 is 46.3 Å². The zero-order valence-electron chi connectivity index (χ0n) is 10.7. The van der Waals surface area contributed by atoms with E-state index in [4.69, 9.17) is 23.2 Å². The molecule has 0 aromatic carbocycles. The van der Waals surface area contributed by atoms with Gasteiger partial charge in [-0.2, -0.15) is 11.8 Å². The molecular formula is C12H17Cl2NOS2. The predicted molar refractivity (Wildman–Crippen MR) is 83.8 cm³/mol. The molecule has 18 heavy (non-hydrogen) atoms. The molecule has 1 heterocycles.